The molecule has 0 fully saturated rings. The average molecular weight is 384 g/mol. The van der Waals surface area contributed by atoms with Gasteiger partial charge < -0.3 is 5.11 Å². The highest BCUT2D eigenvalue weighted by molar-refractivity contribution is 9.10. The Morgan fingerprint density at radius 1 is 1.12 bits per heavy atom. The molecule has 0 saturated carbocycles. The standard InChI is InChI=1S/C19H18BrN3O/c1-19(2)18(24)12-8-5-4-7-11(12)16(21-19)17-13-9-6-10-14(20)15(13)22-23(17)3/h4-10,18,24H,1-3H3. The molecule has 0 spiro atoms. The Bertz CT molecular complexity index is 987. The van der Waals surface area contributed by atoms with Gasteiger partial charge >= 0.3 is 0 Å². The number of aliphatic hydroxyl groups is 1. The largest absolute Gasteiger partial charge is 0.386 e. The van der Waals surface area contributed by atoms with E-state index < -0.39 is 11.6 Å². The number of aryl methyl sites for hydroxylation is 1. The first-order valence-corrected chi connectivity index (χ1v) is 8.68. The van der Waals surface area contributed by atoms with E-state index in [2.05, 4.69) is 27.1 Å². The summed E-state index contributed by atoms with van der Waals surface area (Å²) < 4.78 is 2.84. The molecule has 0 saturated heterocycles. The van der Waals surface area contributed by atoms with Crippen LogP contribution in [0.15, 0.2) is 51.9 Å². The number of hydrogen-bond donors (Lipinski definition) is 1. The zero-order valence-corrected chi connectivity index (χ0v) is 15.4. The summed E-state index contributed by atoms with van der Waals surface area (Å²) in [6.07, 6.45) is -0.622. The van der Waals surface area contributed by atoms with Crippen LogP contribution >= 0.6 is 15.9 Å². The molecule has 1 atom stereocenters. The molecule has 1 aliphatic rings. The molecule has 2 aromatic carbocycles. The number of benzene rings is 2. The highest BCUT2D eigenvalue weighted by Gasteiger charge is 2.37. The van der Waals surface area contributed by atoms with Gasteiger partial charge in [-0.15, -0.1) is 0 Å². The summed E-state index contributed by atoms with van der Waals surface area (Å²) in [4.78, 5) is 4.91. The lowest BCUT2D eigenvalue weighted by molar-refractivity contribution is 0.103. The molecule has 5 heteroatoms. The van der Waals surface area contributed by atoms with Crippen molar-refractivity contribution in [2.24, 2.45) is 12.0 Å². The monoisotopic (exact) mass is 383 g/mol. The van der Waals surface area contributed by atoms with Gasteiger partial charge in [0, 0.05) is 22.5 Å². The second kappa shape index (κ2) is 5.26. The summed E-state index contributed by atoms with van der Waals surface area (Å²) in [5, 5.41) is 16.4. The fourth-order valence-corrected chi connectivity index (χ4v) is 3.83. The van der Waals surface area contributed by atoms with Gasteiger partial charge in [-0.05, 0) is 41.4 Å². The zero-order chi connectivity index (χ0) is 17.1. The molecule has 3 aromatic rings. The van der Waals surface area contributed by atoms with Gasteiger partial charge in [0.15, 0.2) is 0 Å². The lowest BCUT2D eigenvalue weighted by Crippen LogP contribution is -2.35. The number of nitrogens with zero attached hydrogens (tertiary/aromatic N) is 3. The van der Waals surface area contributed by atoms with Crippen LogP contribution in [0.1, 0.15) is 36.8 Å². The van der Waals surface area contributed by atoms with Crippen LogP contribution in [0.4, 0.5) is 0 Å². The van der Waals surface area contributed by atoms with Gasteiger partial charge in [-0.1, -0.05) is 36.4 Å². The molecule has 0 radical (unpaired) electrons. The summed E-state index contributed by atoms with van der Waals surface area (Å²) in [7, 11) is 1.94. The first-order valence-electron chi connectivity index (χ1n) is 7.89. The molecular formula is C19H18BrN3O. The van der Waals surface area contributed by atoms with Crippen molar-refractivity contribution in [2.75, 3.05) is 0 Å². The van der Waals surface area contributed by atoms with Crippen LogP contribution in [0.3, 0.4) is 0 Å². The highest BCUT2D eigenvalue weighted by atomic mass is 79.9. The Balaban J connectivity index is 2.07. The lowest BCUT2D eigenvalue weighted by Gasteiger charge is -2.34. The smallest absolute Gasteiger partial charge is 0.107 e. The number of rotatable bonds is 1. The normalized spacial score (nSPS) is 19.2. The van der Waals surface area contributed by atoms with E-state index in [0.29, 0.717) is 0 Å². The van der Waals surface area contributed by atoms with Crippen LogP contribution < -0.4 is 0 Å². The summed E-state index contributed by atoms with van der Waals surface area (Å²) in [5.41, 5.74) is 4.06. The van der Waals surface area contributed by atoms with Crippen LogP contribution in [0.25, 0.3) is 10.9 Å². The Kier molecular flexibility index (Phi) is 3.41. The summed E-state index contributed by atoms with van der Waals surface area (Å²) in [5.74, 6) is 0. The van der Waals surface area contributed by atoms with Gasteiger partial charge in [0.05, 0.1) is 16.9 Å². The molecule has 0 amide bonds. The van der Waals surface area contributed by atoms with Crippen LogP contribution in [-0.2, 0) is 7.05 Å². The van der Waals surface area contributed by atoms with Crippen molar-refractivity contribution in [3.63, 3.8) is 0 Å². The molecule has 1 N–H and O–H groups in total. The molecule has 1 unspecified atom stereocenters. The van der Waals surface area contributed by atoms with Crippen LogP contribution in [0.5, 0.6) is 0 Å². The van der Waals surface area contributed by atoms with E-state index in [0.717, 1.165) is 37.9 Å². The van der Waals surface area contributed by atoms with Gasteiger partial charge in [-0.3, -0.25) is 9.67 Å². The topological polar surface area (TPSA) is 50.4 Å². The van der Waals surface area contributed by atoms with Crippen molar-refractivity contribution in [1.82, 2.24) is 9.78 Å². The van der Waals surface area contributed by atoms with Crippen molar-refractivity contribution in [3.05, 3.63) is 63.8 Å². The highest BCUT2D eigenvalue weighted by Crippen LogP contribution is 2.38. The first-order chi connectivity index (χ1) is 11.4. The molecule has 0 bridgehead atoms. The summed E-state index contributed by atoms with van der Waals surface area (Å²) in [6.45, 7) is 3.92. The number of halogens is 1. The molecule has 2 heterocycles. The Labute approximate surface area is 149 Å². The molecule has 4 nitrogen and oxygen atoms in total. The van der Waals surface area contributed by atoms with Crippen molar-refractivity contribution in [2.45, 2.75) is 25.5 Å². The number of hydrogen-bond acceptors (Lipinski definition) is 3. The zero-order valence-electron chi connectivity index (χ0n) is 13.8. The summed E-state index contributed by atoms with van der Waals surface area (Å²) >= 11 is 3.58. The second-order valence-electron chi connectivity index (χ2n) is 6.71. The van der Waals surface area contributed by atoms with E-state index in [1.54, 1.807) is 0 Å². The van der Waals surface area contributed by atoms with Gasteiger partial charge in [0.1, 0.15) is 11.6 Å². The fraction of sp³-hybridized carbons (Fsp3) is 0.263. The minimum atomic E-state index is -0.622. The molecule has 1 aliphatic heterocycles. The Morgan fingerprint density at radius 2 is 1.88 bits per heavy atom. The van der Waals surface area contributed by atoms with Crippen LogP contribution in [0, 0.1) is 0 Å². The number of aliphatic imine (C=N–C) groups is 1. The van der Waals surface area contributed by atoms with Crippen molar-refractivity contribution >= 4 is 32.5 Å². The number of aromatic nitrogens is 2. The Morgan fingerprint density at radius 3 is 2.67 bits per heavy atom. The maximum absolute atomic E-state index is 10.7. The van der Waals surface area contributed by atoms with Crippen molar-refractivity contribution < 1.29 is 5.11 Å². The fourth-order valence-electron chi connectivity index (χ4n) is 3.38. The van der Waals surface area contributed by atoms with E-state index in [-0.39, 0.29) is 0 Å². The van der Waals surface area contributed by atoms with E-state index in [1.165, 1.54) is 0 Å². The van der Waals surface area contributed by atoms with Gasteiger partial charge in [0.25, 0.3) is 0 Å². The molecular weight excluding hydrogens is 366 g/mol. The van der Waals surface area contributed by atoms with Gasteiger partial charge in [-0.25, -0.2) is 0 Å². The average Bonchev–Trinajstić information content (AvgIpc) is 2.89. The molecule has 0 aliphatic carbocycles. The molecule has 24 heavy (non-hydrogen) atoms. The molecule has 1 aromatic heterocycles. The van der Waals surface area contributed by atoms with Crippen molar-refractivity contribution in [3.8, 4) is 0 Å². The maximum Gasteiger partial charge on any atom is 0.107 e. The lowest BCUT2D eigenvalue weighted by atomic mass is 9.83. The van der Waals surface area contributed by atoms with Gasteiger partial charge in [0.2, 0.25) is 0 Å². The third-order valence-electron chi connectivity index (χ3n) is 4.62. The maximum atomic E-state index is 10.7. The van der Waals surface area contributed by atoms with Crippen molar-refractivity contribution in [1.29, 1.82) is 0 Å². The van der Waals surface area contributed by atoms with Crippen LogP contribution in [0.2, 0.25) is 0 Å². The van der Waals surface area contributed by atoms with E-state index >= 15 is 0 Å². The second-order valence-corrected chi connectivity index (χ2v) is 7.57. The third kappa shape index (κ3) is 2.15. The predicted octanol–water partition coefficient (Wildman–Crippen LogP) is 4.00. The SMILES string of the molecule is Cn1nc2c(Br)cccc2c1C1=NC(C)(C)C(O)c2ccccc21. The summed E-state index contributed by atoms with van der Waals surface area (Å²) in [6, 6.07) is 14.0. The van der Waals surface area contributed by atoms with E-state index in [4.69, 9.17) is 4.99 Å². The molecule has 122 valence electrons. The Hall–Kier alpha value is -1.98. The molecule has 4 rings (SSSR count). The van der Waals surface area contributed by atoms with Crippen LogP contribution in [-0.4, -0.2) is 26.1 Å². The van der Waals surface area contributed by atoms with E-state index in [9.17, 15) is 5.11 Å². The van der Waals surface area contributed by atoms with E-state index in [1.807, 2.05) is 62.0 Å². The minimum absolute atomic E-state index is 0.591. The van der Waals surface area contributed by atoms with Gasteiger partial charge in [-0.2, -0.15) is 5.10 Å². The number of fused-ring (bicyclic) bond motifs is 2. The minimum Gasteiger partial charge on any atom is -0.386 e. The first kappa shape index (κ1) is 15.5. The predicted molar refractivity (Wildman–Crippen MR) is 99.5 cm³/mol. The third-order valence-corrected chi connectivity index (χ3v) is 5.26. The quantitative estimate of drug-likeness (QED) is 0.690. The number of aliphatic hydroxyl groups excluding tert-OH is 1.